The minimum atomic E-state index is -4.58. The lowest BCUT2D eigenvalue weighted by molar-refractivity contribution is 0.365. The Morgan fingerprint density at radius 2 is 1.91 bits per heavy atom. The van der Waals surface area contributed by atoms with Crippen molar-refractivity contribution < 1.29 is 25.6 Å². The van der Waals surface area contributed by atoms with E-state index in [0.717, 1.165) is 18.2 Å². The lowest BCUT2D eigenvalue weighted by Crippen LogP contribution is -2.42. The molecular weight excluding hydrogens is 336 g/mol. The van der Waals surface area contributed by atoms with Crippen molar-refractivity contribution in [2.75, 3.05) is 18.1 Å². The van der Waals surface area contributed by atoms with E-state index in [1.807, 2.05) is 0 Å². The van der Waals surface area contributed by atoms with Crippen molar-refractivity contribution >= 4 is 19.9 Å². The number of hydrogen-bond donors (Lipinski definition) is 0. The Bertz CT molecular complexity index is 808. The van der Waals surface area contributed by atoms with Gasteiger partial charge in [-0.2, -0.15) is 4.31 Å². The summed E-state index contributed by atoms with van der Waals surface area (Å²) in [6.07, 6.45) is 5.16. The molecule has 1 heterocycles. The Kier molecular flexibility index (Phi) is 4.56. The van der Waals surface area contributed by atoms with Crippen molar-refractivity contribution in [1.82, 2.24) is 4.31 Å². The van der Waals surface area contributed by atoms with Crippen molar-refractivity contribution in [3.05, 3.63) is 29.8 Å². The molecule has 0 N–H and O–H groups in total. The van der Waals surface area contributed by atoms with Gasteiger partial charge in [-0.3, -0.25) is 0 Å². The van der Waals surface area contributed by atoms with Gasteiger partial charge in [0.2, 0.25) is 10.0 Å². The Hall–Kier alpha value is -1.50. The zero-order valence-corrected chi connectivity index (χ0v) is 13.0. The first-order chi connectivity index (χ1) is 10.2. The number of rotatable bonds is 4. The second kappa shape index (κ2) is 5.95. The summed E-state index contributed by atoms with van der Waals surface area (Å²) in [4.78, 5) is -1.12. The molecule has 0 bridgehead atoms. The molecule has 5 nitrogen and oxygen atoms in total. The summed E-state index contributed by atoms with van der Waals surface area (Å²) in [6.45, 7) is -0.462. The van der Waals surface area contributed by atoms with Crippen LogP contribution in [0.2, 0.25) is 0 Å². The number of hydrogen-bond acceptors (Lipinski definition) is 4. The van der Waals surface area contributed by atoms with Gasteiger partial charge in [0.1, 0.15) is 11.6 Å². The molecule has 1 aromatic rings. The summed E-state index contributed by atoms with van der Waals surface area (Å²) >= 11 is 0. The molecule has 1 aliphatic heterocycles. The number of nitrogens with zero attached hydrogens (tertiary/aromatic N) is 1. The molecule has 1 fully saturated rings. The predicted octanol–water partition coefficient (Wildman–Crippen LogP) is 0.776. The first-order valence-corrected chi connectivity index (χ1v) is 9.55. The van der Waals surface area contributed by atoms with Crippen LogP contribution >= 0.6 is 0 Å². The number of sulfonamides is 1. The topological polar surface area (TPSA) is 71.5 Å². The lowest BCUT2D eigenvalue weighted by Gasteiger charge is -2.25. The highest BCUT2D eigenvalue weighted by atomic mass is 32.2. The highest BCUT2D eigenvalue weighted by molar-refractivity contribution is 7.92. The van der Waals surface area contributed by atoms with Crippen LogP contribution in [0.1, 0.15) is 6.42 Å². The van der Waals surface area contributed by atoms with Crippen LogP contribution in [0.15, 0.2) is 23.1 Å². The van der Waals surface area contributed by atoms with Crippen molar-refractivity contribution in [3.8, 4) is 12.3 Å². The molecule has 22 heavy (non-hydrogen) atoms. The lowest BCUT2D eigenvalue weighted by atomic mass is 10.3. The van der Waals surface area contributed by atoms with E-state index in [0.29, 0.717) is 4.31 Å². The van der Waals surface area contributed by atoms with Crippen LogP contribution in [-0.4, -0.2) is 45.2 Å². The third kappa shape index (κ3) is 3.14. The minimum Gasteiger partial charge on any atom is -0.229 e. The molecular formula is C13H13F2NO4S2. The Morgan fingerprint density at radius 3 is 2.36 bits per heavy atom. The van der Waals surface area contributed by atoms with Crippen LogP contribution in [0.3, 0.4) is 0 Å². The fraction of sp³-hybridized carbons (Fsp3) is 0.385. The van der Waals surface area contributed by atoms with E-state index in [4.69, 9.17) is 6.42 Å². The van der Waals surface area contributed by atoms with Gasteiger partial charge in [0.15, 0.2) is 14.7 Å². The molecule has 0 amide bonds. The minimum absolute atomic E-state index is 0.0410. The van der Waals surface area contributed by atoms with Gasteiger partial charge in [0, 0.05) is 6.04 Å². The largest absolute Gasteiger partial charge is 0.250 e. The van der Waals surface area contributed by atoms with Crippen LogP contribution in [0.25, 0.3) is 0 Å². The normalized spacial score (nSPS) is 20.9. The maximum atomic E-state index is 13.8. The van der Waals surface area contributed by atoms with E-state index < -0.39 is 54.7 Å². The molecule has 1 aromatic carbocycles. The second-order valence-corrected chi connectivity index (χ2v) is 8.92. The summed E-state index contributed by atoms with van der Waals surface area (Å²) in [5.41, 5.74) is 0. The van der Waals surface area contributed by atoms with E-state index in [9.17, 15) is 25.6 Å². The Morgan fingerprint density at radius 1 is 1.32 bits per heavy atom. The zero-order chi connectivity index (χ0) is 16.5. The highest BCUT2D eigenvalue weighted by Gasteiger charge is 2.40. The monoisotopic (exact) mass is 349 g/mol. The highest BCUT2D eigenvalue weighted by Crippen LogP contribution is 2.27. The molecule has 0 aromatic heterocycles. The van der Waals surface area contributed by atoms with Gasteiger partial charge in [-0.05, 0) is 18.6 Å². The van der Waals surface area contributed by atoms with Gasteiger partial charge in [0.05, 0.1) is 18.1 Å². The van der Waals surface area contributed by atoms with E-state index in [2.05, 4.69) is 5.92 Å². The van der Waals surface area contributed by atoms with Gasteiger partial charge in [0.25, 0.3) is 0 Å². The average molecular weight is 349 g/mol. The zero-order valence-electron chi connectivity index (χ0n) is 11.4. The van der Waals surface area contributed by atoms with Gasteiger partial charge < -0.3 is 0 Å². The molecule has 2 rings (SSSR count). The SMILES string of the molecule is C#CCN(C1CCS(=O)(=O)C1)S(=O)(=O)c1c(F)cccc1F. The third-order valence-electron chi connectivity index (χ3n) is 3.35. The van der Waals surface area contributed by atoms with Crippen molar-refractivity contribution in [1.29, 1.82) is 0 Å². The molecule has 1 unspecified atom stereocenters. The number of halogens is 2. The maximum Gasteiger partial charge on any atom is 0.250 e. The summed E-state index contributed by atoms with van der Waals surface area (Å²) in [5, 5.41) is 0. The summed E-state index contributed by atoms with van der Waals surface area (Å²) in [6, 6.07) is 1.74. The van der Waals surface area contributed by atoms with Gasteiger partial charge >= 0.3 is 0 Å². The average Bonchev–Trinajstić information content (AvgIpc) is 2.75. The Balaban J connectivity index is 2.51. The van der Waals surface area contributed by atoms with E-state index in [1.54, 1.807) is 0 Å². The fourth-order valence-electron chi connectivity index (χ4n) is 2.35. The molecule has 1 aliphatic rings. The molecule has 1 atom stereocenters. The molecule has 120 valence electrons. The number of sulfone groups is 1. The second-order valence-electron chi connectivity index (χ2n) is 4.86. The molecule has 0 radical (unpaired) electrons. The molecule has 9 heteroatoms. The van der Waals surface area contributed by atoms with Crippen molar-refractivity contribution in [2.24, 2.45) is 0 Å². The molecule has 0 spiro atoms. The van der Waals surface area contributed by atoms with E-state index >= 15 is 0 Å². The van der Waals surface area contributed by atoms with Crippen molar-refractivity contribution in [2.45, 2.75) is 17.4 Å². The summed E-state index contributed by atoms with van der Waals surface area (Å²) in [5.74, 6) is -1.00. The van der Waals surface area contributed by atoms with Crippen LogP contribution < -0.4 is 0 Å². The molecule has 0 aliphatic carbocycles. The maximum absolute atomic E-state index is 13.8. The van der Waals surface area contributed by atoms with E-state index in [-0.39, 0.29) is 12.2 Å². The first-order valence-electron chi connectivity index (χ1n) is 6.29. The van der Waals surface area contributed by atoms with Gasteiger partial charge in [-0.1, -0.05) is 12.0 Å². The standard InChI is InChI=1S/C13H13F2NO4S2/c1-2-7-16(10-6-8-21(17,18)9-10)22(19,20)13-11(14)4-3-5-12(13)15/h1,3-5,10H,6-9H2. The van der Waals surface area contributed by atoms with Crippen LogP contribution in [0, 0.1) is 24.0 Å². The summed E-state index contributed by atoms with van der Waals surface area (Å²) < 4.78 is 76.3. The fourth-order valence-corrected chi connectivity index (χ4v) is 5.85. The van der Waals surface area contributed by atoms with Crippen LogP contribution in [0.5, 0.6) is 0 Å². The van der Waals surface area contributed by atoms with Gasteiger partial charge in [-0.25, -0.2) is 25.6 Å². The van der Waals surface area contributed by atoms with Gasteiger partial charge in [-0.15, -0.1) is 6.42 Å². The predicted molar refractivity (Wildman–Crippen MR) is 76.1 cm³/mol. The number of terminal acetylenes is 1. The Labute approximate surface area is 127 Å². The molecule has 0 saturated carbocycles. The first kappa shape index (κ1) is 16.9. The molecule has 1 saturated heterocycles. The smallest absolute Gasteiger partial charge is 0.229 e. The quantitative estimate of drug-likeness (QED) is 0.753. The number of benzene rings is 1. The van der Waals surface area contributed by atoms with E-state index in [1.165, 1.54) is 0 Å². The third-order valence-corrected chi connectivity index (χ3v) is 7.05. The van der Waals surface area contributed by atoms with Crippen LogP contribution in [-0.2, 0) is 19.9 Å². The van der Waals surface area contributed by atoms with Crippen molar-refractivity contribution in [3.63, 3.8) is 0 Å². The summed E-state index contributed by atoms with van der Waals surface area (Å²) in [7, 11) is -7.97. The van der Waals surface area contributed by atoms with Crippen LogP contribution in [0.4, 0.5) is 8.78 Å².